The van der Waals surface area contributed by atoms with Crippen LogP contribution >= 0.6 is 11.6 Å². The molecule has 0 radical (unpaired) electrons. The summed E-state index contributed by atoms with van der Waals surface area (Å²) < 4.78 is 5.69. The molecule has 1 aromatic carbocycles. The molecule has 4 rings (SSSR count). The number of rotatable bonds is 3. The molecular weight excluding hydrogens is 302 g/mol. The Balaban J connectivity index is 1.59. The molecule has 0 aliphatic carbocycles. The summed E-state index contributed by atoms with van der Waals surface area (Å²) >= 11 is 5.88. The van der Waals surface area contributed by atoms with Crippen LogP contribution in [-0.4, -0.2) is 20.2 Å². The fraction of sp³-hybridized carbons (Fsp3) is 0. The normalized spacial score (nSPS) is 11.0. The zero-order chi connectivity index (χ0) is 14.9. The van der Waals surface area contributed by atoms with Crippen molar-refractivity contribution in [1.82, 2.24) is 20.2 Å². The first kappa shape index (κ1) is 12.8. The highest BCUT2D eigenvalue weighted by atomic mass is 35.5. The molecule has 0 atom stereocenters. The lowest BCUT2D eigenvalue weighted by Crippen LogP contribution is -1.90. The van der Waals surface area contributed by atoms with E-state index in [4.69, 9.17) is 16.0 Å². The predicted octanol–water partition coefficient (Wildman–Crippen LogP) is 4.01. The van der Waals surface area contributed by atoms with Gasteiger partial charge in [0.1, 0.15) is 0 Å². The summed E-state index contributed by atoms with van der Waals surface area (Å²) in [5.41, 5.74) is 2.42. The molecule has 4 aromatic rings. The predicted molar refractivity (Wildman–Crippen MR) is 84.1 cm³/mol. The van der Waals surface area contributed by atoms with Gasteiger partial charge in [-0.15, -0.1) is 0 Å². The van der Waals surface area contributed by atoms with Gasteiger partial charge in [-0.3, -0.25) is 5.10 Å². The number of H-pyrrole nitrogens is 1. The maximum Gasteiger partial charge on any atom is 0.299 e. The van der Waals surface area contributed by atoms with Crippen molar-refractivity contribution in [1.29, 1.82) is 0 Å². The van der Waals surface area contributed by atoms with Crippen molar-refractivity contribution in [3.05, 3.63) is 53.9 Å². The average molecular weight is 312 g/mol. The number of anilines is 2. The van der Waals surface area contributed by atoms with Crippen LogP contribution in [0, 0.1) is 0 Å². The molecule has 0 unspecified atom stereocenters. The minimum atomic E-state index is 0.398. The van der Waals surface area contributed by atoms with Gasteiger partial charge in [0.05, 0.1) is 24.3 Å². The van der Waals surface area contributed by atoms with E-state index in [2.05, 4.69) is 25.5 Å². The first-order valence-electron chi connectivity index (χ1n) is 6.56. The highest BCUT2D eigenvalue weighted by Gasteiger charge is 2.07. The Morgan fingerprint density at radius 2 is 1.91 bits per heavy atom. The standard InChI is InChI=1S/C15H10ClN5O/c16-11-3-1-9(2-4-11)13-8-18-15(22-13)20-12-5-10-6-19-21-14(10)17-7-12/h1-8H,(H,18,20)(H,17,19,21). The first-order valence-corrected chi connectivity index (χ1v) is 6.94. The molecule has 6 nitrogen and oxygen atoms in total. The summed E-state index contributed by atoms with van der Waals surface area (Å²) in [6.07, 6.45) is 5.06. The van der Waals surface area contributed by atoms with Crippen molar-refractivity contribution in [2.75, 3.05) is 5.32 Å². The molecule has 0 bridgehead atoms. The fourth-order valence-corrected chi connectivity index (χ4v) is 2.23. The highest BCUT2D eigenvalue weighted by Crippen LogP contribution is 2.26. The van der Waals surface area contributed by atoms with Crippen molar-refractivity contribution >= 4 is 34.3 Å². The summed E-state index contributed by atoms with van der Waals surface area (Å²) in [5, 5.41) is 11.4. The van der Waals surface area contributed by atoms with Crippen LogP contribution in [0.4, 0.5) is 11.7 Å². The van der Waals surface area contributed by atoms with Crippen molar-refractivity contribution < 1.29 is 4.42 Å². The number of hydrogen-bond donors (Lipinski definition) is 2. The number of halogens is 1. The number of aromatic nitrogens is 4. The van der Waals surface area contributed by atoms with Crippen LogP contribution in [0.15, 0.2) is 53.3 Å². The van der Waals surface area contributed by atoms with Gasteiger partial charge in [0.15, 0.2) is 11.4 Å². The number of nitrogens with one attached hydrogen (secondary N) is 2. The second-order valence-electron chi connectivity index (χ2n) is 4.69. The summed E-state index contributed by atoms with van der Waals surface area (Å²) in [5.74, 6) is 0.663. The zero-order valence-electron chi connectivity index (χ0n) is 11.2. The fourth-order valence-electron chi connectivity index (χ4n) is 2.11. The van der Waals surface area contributed by atoms with Gasteiger partial charge in [0.2, 0.25) is 0 Å². The third-order valence-electron chi connectivity index (χ3n) is 3.18. The lowest BCUT2D eigenvalue weighted by atomic mass is 10.2. The molecule has 0 saturated heterocycles. The largest absolute Gasteiger partial charge is 0.423 e. The summed E-state index contributed by atoms with van der Waals surface area (Å²) in [7, 11) is 0. The average Bonchev–Trinajstić information content (AvgIpc) is 3.17. The third kappa shape index (κ3) is 2.40. The van der Waals surface area contributed by atoms with E-state index in [-0.39, 0.29) is 0 Å². The summed E-state index contributed by atoms with van der Waals surface area (Å²) in [4.78, 5) is 8.46. The van der Waals surface area contributed by atoms with Crippen LogP contribution < -0.4 is 5.32 Å². The van der Waals surface area contributed by atoms with E-state index in [1.165, 1.54) is 0 Å². The number of pyridine rings is 1. The molecule has 7 heteroatoms. The molecule has 0 amide bonds. The highest BCUT2D eigenvalue weighted by molar-refractivity contribution is 6.30. The molecule has 0 aliphatic rings. The van der Waals surface area contributed by atoms with Crippen molar-refractivity contribution in [2.45, 2.75) is 0 Å². The van der Waals surface area contributed by atoms with Crippen molar-refractivity contribution in [2.24, 2.45) is 0 Å². The van der Waals surface area contributed by atoms with E-state index >= 15 is 0 Å². The number of benzene rings is 1. The lowest BCUT2D eigenvalue weighted by molar-refractivity contribution is 0.592. The van der Waals surface area contributed by atoms with E-state index in [0.717, 1.165) is 22.3 Å². The van der Waals surface area contributed by atoms with Gasteiger partial charge in [-0.25, -0.2) is 9.97 Å². The maximum absolute atomic E-state index is 5.88. The van der Waals surface area contributed by atoms with Gasteiger partial charge in [-0.1, -0.05) is 11.6 Å². The van der Waals surface area contributed by atoms with E-state index in [1.807, 2.05) is 30.3 Å². The molecule has 108 valence electrons. The molecule has 0 saturated carbocycles. The van der Waals surface area contributed by atoms with Crippen LogP contribution in [0.25, 0.3) is 22.4 Å². The number of fused-ring (bicyclic) bond motifs is 1. The van der Waals surface area contributed by atoms with E-state index in [9.17, 15) is 0 Å². The smallest absolute Gasteiger partial charge is 0.299 e. The molecule has 3 aromatic heterocycles. The number of hydrogen-bond acceptors (Lipinski definition) is 5. The molecule has 0 fully saturated rings. The van der Waals surface area contributed by atoms with Crippen LogP contribution in [0.1, 0.15) is 0 Å². The lowest BCUT2D eigenvalue weighted by Gasteiger charge is -2.01. The quantitative estimate of drug-likeness (QED) is 0.597. The molecule has 2 N–H and O–H groups in total. The van der Waals surface area contributed by atoms with E-state index in [1.54, 1.807) is 18.6 Å². The second kappa shape index (κ2) is 5.16. The van der Waals surface area contributed by atoms with Crippen LogP contribution in [0.2, 0.25) is 5.02 Å². The van der Waals surface area contributed by atoms with Crippen molar-refractivity contribution in [3.63, 3.8) is 0 Å². The minimum absolute atomic E-state index is 0.398. The molecule has 0 aliphatic heterocycles. The monoisotopic (exact) mass is 311 g/mol. The van der Waals surface area contributed by atoms with Gasteiger partial charge in [0.25, 0.3) is 6.01 Å². The Morgan fingerprint density at radius 1 is 1.05 bits per heavy atom. The maximum atomic E-state index is 5.88. The van der Waals surface area contributed by atoms with E-state index < -0.39 is 0 Å². The van der Waals surface area contributed by atoms with Gasteiger partial charge in [-0.2, -0.15) is 5.10 Å². The number of aromatic amines is 1. The Morgan fingerprint density at radius 3 is 2.77 bits per heavy atom. The molecule has 22 heavy (non-hydrogen) atoms. The van der Waals surface area contributed by atoms with Crippen LogP contribution in [0.5, 0.6) is 0 Å². The Labute approximate surface area is 130 Å². The van der Waals surface area contributed by atoms with Crippen LogP contribution in [0.3, 0.4) is 0 Å². The first-order chi connectivity index (χ1) is 10.8. The zero-order valence-corrected chi connectivity index (χ0v) is 12.0. The Kier molecular flexibility index (Phi) is 3.01. The van der Waals surface area contributed by atoms with Gasteiger partial charge in [-0.05, 0) is 30.3 Å². The second-order valence-corrected chi connectivity index (χ2v) is 5.13. The van der Waals surface area contributed by atoms with Gasteiger partial charge >= 0.3 is 0 Å². The Bertz CT molecular complexity index is 928. The number of nitrogens with zero attached hydrogens (tertiary/aromatic N) is 3. The van der Waals surface area contributed by atoms with Gasteiger partial charge < -0.3 is 9.73 Å². The Hall–Kier alpha value is -2.86. The SMILES string of the molecule is Clc1ccc(-c2cnc(Nc3cnc4[nH]ncc4c3)o2)cc1. The molecule has 3 heterocycles. The van der Waals surface area contributed by atoms with Crippen LogP contribution in [-0.2, 0) is 0 Å². The van der Waals surface area contributed by atoms with Gasteiger partial charge in [0, 0.05) is 16.0 Å². The molecular formula is C15H10ClN5O. The topological polar surface area (TPSA) is 79.6 Å². The summed E-state index contributed by atoms with van der Waals surface area (Å²) in [6, 6.07) is 9.69. The third-order valence-corrected chi connectivity index (χ3v) is 3.43. The summed E-state index contributed by atoms with van der Waals surface area (Å²) in [6.45, 7) is 0. The van der Waals surface area contributed by atoms with E-state index in [0.29, 0.717) is 16.8 Å². The molecule has 0 spiro atoms. The minimum Gasteiger partial charge on any atom is -0.423 e. The van der Waals surface area contributed by atoms with Crippen molar-refractivity contribution in [3.8, 4) is 11.3 Å². The number of oxazole rings is 1.